The van der Waals surface area contributed by atoms with Crippen LogP contribution in [-0.4, -0.2) is 6.04 Å². The molecular formula is C17H23NOS. The van der Waals surface area contributed by atoms with Crippen LogP contribution in [0.2, 0.25) is 0 Å². The topological polar surface area (TPSA) is 35.2 Å². The number of hydrogen-bond acceptors (Lipinski definition) is 3. The van der Waals surface area contributed by atoms with Crippen LogP contribution in [0.25, 0.3) is 0 Å². The smallest absolute Gasteiger partial charge is 0.139 e. The molecule has 3 atom stereocenters. The highest BCUT2D eigenvalue weighted by Gasteiger charge is 2.20. The first kappa shape index (κ1) is 15.1. The predicted octanol–water partition coefficient (Wildman–Crippen LogP) is 4.73. The highest BCUT2D eigenvalue weighted by Crippen LogP contribution is 2.33. The molecular weight excluding hydrogens is 266 g/mol. The second-order valence-electron chi connectivity index (χ2n) is 5.30. The van der Waals surface area contributed by atoms with Crippen LogP contribution in [0.3, 0.4) is 0 Å². The number of hydrogen-bond donors (Lipinski definition) is 1. The Hall–Kier alpha value is -1.32. The summed E-state index contributed by atoms with van der Waals surface area (Å²) in [5.41, 5.74) is 8.53. The summed E-state index contributed by atoms with van der Waals surface area (Å²) in [5.74, 6) is 1.44. The van der Waals surface area contributed by atoms with Gasteiger partial charge in [-0.25, -0.2) is 0 Å². The third kappa shape index (κ3) is 3.41. The molecule has 20 heavy (non-hydrogen) atoms. The molecule has 1 aromatic carbocycles. The molecule has 0 saturated heterocycles. The van der Waals surface area contributed by atoms with Crippen LogP contribution in [0.5, 0.6) is 5.75 Å². The highest BCUT2D eigenvalue weighted by atomic mass is 32.1. The molecule has 0 saturated carbocycles. The number of para-hydroxylation sites is 1. The Labute approximate surface area is 125 Å². The average molecular weight is 289 g/mol. The van der Waals surface area contributed by atoms with Crippen LogP contribution in [0.15, 0.2) is 41.1 Å². The minimum atomic E-state index is -0.0912. The van der Waals surface area contributed by atoms with E-state index in [-0.39, 0.29) is 12.1 Å². The summed E-state index contributed by atoms with van der Waals surface area (Å²) in [5, 5.41) is 4.18. The van der Waals surface area contributed by atoms with Gasteiger partial charge in [-0.05, 0) is 47.7 Å². The lowest BCUT2D eigenvalue weighted by Gasteiger charge is -2.24. The number of ether oxygens (including phenoxy) is 1. The molecule has 108 valence electrons. The Balaban J connectivity index is 2.28. The quantitative estimate of drug-likeness (QED) is 0.834. The summed E-state index contributed by atoms with van der Waals surface area (Å²) in [6.07, 6.45) is 1.01. The van der Waals surface area contributed by atoms with Gasteiger partial charge in [-0.2, -0.15) is 11.3 Å². The van der Waals surface area contributed by atoms with Crippen molar-refractivity contribution in [3.05, 3.63) is 52.2 Å². The van der Waals surface area contributed by atoms with Crippen LogP contribution in [0, 0.1) is 0 Å². The molecule has 1 heterocycles. The van der Waals surface area contributed by atoms with Gasteiger partial charge in [0.1, 0.15) is 11.9 Å². The molecule has 2 aromatic rings. The molecule has 0 aliphatic heterocycles. The minimum absolute atomic E-state index is 0.0467. The van der Waals surface area contributed by atoms with Gasteiger partial charge in [-0.1, -0.05) is 32.0 Å². The Morgan fingerprint density at radius 3 is 2.55 bits per heavy atom. The Morgan fingerprint density at radius 2 is 1.95 bits per heavy atom. The molecule has 1 aromatic heterocycles. The second kappa shape index (κ2) is 6.91. The first-order valence-corrected chi connectivity index (χ1v) is 8.11. The van der Waals surface area contributed by atoms with Gasteiger partial charge in [-0.3, -0.25) is 0 Å². The zero-order chi connectivity index (χ0) is 14.5. The van der Waals surface area contributed by atoms with Crippen molar-refractivity contribution in [1.29, 1.82) is 0 Å². The first-order valence-electron chi connectivity index (χ1n) is 7.16. The lowest BCUT2D eigenvalue weighted by atomic mass is 9.97. The van der Waals surface area contributed by atoms with Gasteiger partial charge in [0.2, 0.25) is 0 Å². The zero-order valence-electron chi connectivity index (χ0n) is 12.4. The van der Waals surface area contributed by atoms with Crippen LogP contribution in [0.4, 0.5) is 0 Å². The summed E-state index contributed by atoms with van der Waals surface area (Å²) in [4.78, 5) is 0. The van der Waals surface area contributed by atoms with E-state index in [1.807, 2.05) is 19.1 Å². The van der Waals surface area contributed by atoms with Crippen molar-refractivity contribution < 1.29 is 4.74 Å². The van der Waals surface area contributed by atoms with Crippen molar-refractivity contribution >= 4 is 11.3 Å². The summed E-state index contributed by atoms with van der Waals surface area (Å²) >= 11 is 1.68. The lowest BCUT2D eigenvalue weighted by Crippen LogP contribution is -2.29. The van der Waals surface area contributed by atoms with Gasteiger partial charge in [0, 0.05) is 11.6 Å². The van der Waals surface area contributed by atoms with Gasteiger partial charge >= 0.3 is 0 Å². The summed E-state index contributed by atoms with van der Waals surface area (Å²) in [7, 11) is 0. The average Bonchev–Trinajstić information content (AvgIpc) is 2.97. The van der Waals surface area contributed by atoms with Crippen LogP contribution >= 0.6 is 11.3 Å². The lowest BCUT2D eigenvalue weighted by molar-refractivity contribution is 0.178. The normalized spacial score (nSPS) is 15.6. The Kier molecular flexibility index (Phi) is 5.21. The molecule has 0 fully saturated rings. The van der Waals surface area contributed by atoms with E-state index in [2.05, 4.69) is 42.8 Å². The fourth-order valence-electron chi connectivity index (χ4n) is 2.27. The van der Waals surface area contributed by atoms with Crippen LogP contribution in [0.1, 0.15) is 50.3 Å². The minimum Gasteiger partial charge on any atom is -0.484 e. The van der Waals surface area contributed by atoms with E-state index in [0.717, 1.165) is 17.7 Å². The molecule has 0 amide bonds. The van der Waals surface area contributed by atoms with E-state index in [4.69, 9.17) is 10.5 Å². The van der Waals surface area contributed by atoms with E-state index in [1.165, 1.54) is 5.56 Å². The SMILES string of the molecule is CCC(C)c1ccccc1OC(c1ccsc1)C(C)N. The molecule has 2 nitrogen and oxygen atoms in total. The van der Waals surface area contributed by atoms with Crippen LogP contribution < -0.4 is 10.5 Å². The molecule has 2 rings (SSSR count). The Morgan fingerprint density at radius 1 is 1.20 bits per heavy atom. The van der Waals surface area contributed by atoms with Gasteiger partial charge in [-0.15, -0.1) is 0 Å². The molecule has 3 heteroatoms. The monoisotopic (exact) mass is 289 g/mol. The molecule has 2 N–H and O–H groups in total. The van der Waals surface area contributed by atoms with Crippen molar-refractivity contribution in [3.63, 3.8) is 0 Å². The molecule has 3 unspecified atom stereocenters. The Bertz CT molecular complexity index is 522. The van der Waals surface area contributed by atoms with Crippen LogP contribution in [-0.2, 0) is 0 Å². The summed E-state index contributed by atoms with van der Waals surface area (Å²) < 4.78 is 6.26. The zero-order valence-corrected chi connectivity index (χ0v) is 13.2. The van der Waals surface area contributed by atoms with Gasteiger partial charge in [0.25, 0.3) is 0 Å². The third-order valence-corrected chi connectivity index (χ3v) is 4.37. The number of nitrogens with two attached hydrogens (primary N) is 1. The highest BCUT2D eigenvalue weighted by molar-refractivity contribution is 7.07. The number of benzene rings is 1. The fraction of sp³-hybridized carbons (Fsp3) is 0.412. The van der Waals surface area contributed by atoms with E-state index in [0.29, 0.717) is 5.92 Å². The van der Waals surface area contributed by atoms with E-state index in [1.54, 1.807) is 11.3 Å². The maximum absolute atomic E-state index is 6.26. The standard InChI is InChI=1S/C17H23NOS/c1-4-12(2)15-7-5-6-8-16(15)19-17(13(3)18)14-9-10-20-11-14/h5-13,17H,4,18H2,1-3H3. The van der Waals surface area contributed by atoms with Crippen molar-refractivity contribution in [2.45, 2.75) is 45.3 Å². The molecule has 0 spiro atoms. The fourth-order valence-corrected chi connectivity index (χ4v) is 2.95. The third-order valence-electron chi connectivity index (χ3n) is 3.67. The van der Waals surface area contributed by atoms with Crippen molar-refractivity contribution in [1.82, 2.24) is 0 Å². The van der Waals surface area contributed by atoms with Gasteiger partial charge < -0.3 is 10.5 Å². The summed E-state index contributed by atoms with van der Waals surface area (Å²) in [6.45, 7) is 6.42. The second-order valence-corrected chi connectivity index (χ2v) is 6.08. The number of rotatable bonds is 6. The molecule has 0 radical (unpaired) electrons. The molecule has 0 bridgehead atoms. The predicted molar refractivity (Wildman–Crippen MR) is 86.5 cm³/mol. The number of thiophene rings is 1. The van der Waals surface area contributed by atoms with Crippen molar-refractivity contribution in [2.24, 2.45) is 5.73 Å². The van der Waals surface area contributed by atoms with Gasteiger partial charge in [0.15, 0.2) is 0 Å². The van der Waals surface area contributed by atoms with Crippen molar-refractivity contribution in [2.75, 3.05) is 0 Å². The summed E-state index contributed by atoms with van der Waals surface area (Å²) in [6, 6.07) is 10.3. The maximum atomic E-state index is 6.26. The van der Waals surface area contributed by atoms with E-state index < -0.39 is 0 Å². The first-order chi connectivity index (χ1) is 9.63. The maximum Gasteiger partial charge on any atom is 0.139 e. The van der Waals surface area contributed by atoms with E-state index >= 15 is 0 Å². The van der Waals surface area contributed by atoms with Crippen molar-refractivity contribution in [3.8, 4) is 5.75 Å². The van der Waals surface area contributed by atoms with E-state index in [9.17, 15) is 0 Å². The molecule has 0 aliphatic rings. The largest absolute Gasteiger partial charge is 0.484 e. The molecule has 0 aliphatic carbocycles. The van der Waals surface area contributed by atoms with Gasteiger partial charge in [0.05, 0.1) is 0 Å².